The number of carbonyl (C=O) groups excluding carboxylic acids is 1. The highest BCUT2D eigenvalue weighted by atomic mass is 79.9. The number of anilines is 1. The average Bonchev–Trinajstić information content (AvgIpc) is 2.97. The first kappa shape index (κ1) is 39.8. The van der Waals surface area contributed by atoms with Crippen LogP contribution in [0.5, 0.6) is 5.75 Å². The Bertz CT molecular complexity index is 1260. The zero-order valence-corrected chi connectivity index (χ0v) is 31.7. The van der Waals surface area contributed by atoms with Crippen molar-refractivity contribution in [2.24, 2.45) is 5.41 Å². The van der Waals surface area contributed by atoms with Gasteiger partial charge in [-0.2, -0.15) is 0 Å². The first-order chi connectivity index (χ1) is 21.5. The Morgan fingerprint density at radius 3 is 2.11 bits per heavy atom. The van der Waals surface area contributed by atoms with Crippen LogP contribution in [0, 0.1) is 5.41 Å². The van der Waals surface area contributed by atoms with Gasteiger partial charge in [0.15, 0.2) is 6.21 Å². The Labute approximate surface area is 292 Å². The number of hydrogen-bond donors (Lipinski definition) is 1. The fourth-order valence-corrected chi connectivity index (χ4v) is 6.60. The molecule has 1 aliphatic heterocycles. The summed E-state index contributed by atoms with van der Waals surface area (Å²) in [7, 11) is 0. The molecular formula is C41H63BrN2O2. The summed E-state index contributed by atoms with van der Waals surface area (Å²) in [6.07, 6.45) is 21.4. The molecular weight excluding hydrogens is 632 g/mol. The van der Waals surface area contributed by atoms with Crippen molar-refractivity contribution in [2.75, 3.05) is 18.1 Å². The van der Waals surface area contributed by atoms with Crippen LogP contribution >= 0.6 is 0 Å². The largest absolute Gasteiger partial charge is 1.00 e. The van der Waals surface area contributed by atoms with Gasteiger partial charge in [-0.1, -0.05) is 129 Å². The minimum absolute atomic E-state index is 0. The number of hydrogen-bond acceptors (Lipinski definition) is 2. The third-order valence-electron chi connectivity index (χ3n) is 9.07. The summed E-state index contributed by atoms with van der Waals surface area (Å²) in [5, 5.41) is 0. The van der Waals surface area contributed by atoms with Crippen molar-refractivity contribution in [2.45, 2.75) is 144 Å². The van der Waals surface area contributed by atoms with E-state index in [0.717, 1.165) is 43.0 Å². The van der Waals surface area contributed by atoms with Crippen LogP contribution in [0.25, 0.3) is 0 Å². The lowest BCUT2D eigenvalue weighted by atomic mass is 9.81. The van der Waals surface area contributed by atoms with Gasteiger partial charge in [-0.05, 0) is 67.0 Å². The third kappa shape index (κ3) is 13.8. The van der Waals surface area contributed by atoms with Gasteiger partial charge in [0.25, 0.3) is 0 Å². The lowest BCUT2D eigenvalue weighted by Gasteiger charge is -2.27. The van der Waals surface area contributed by atoms with E-state index in [1.165, 1.54) is 87.3 Å². The van der Waals surface area contributed by atoms with Gasteiger partial charge in [0.2, 0.25) is 5.91 Å². The topological polar surface area (TPSA) is 43.5 Å². The highest BCUT2D eigenvalue weighted by Crippen LogP contribution is 2.34. The molecule has 4 nitrogen and oxygen atoms in total. The molecule has 0 aliphatic carbocycles. The van der Waals surface area contributed by atoms with Gasteiger partial charge in [-0.25, -0.2) is 4.99 Å². The molecule has 1 aliphatic rings. The molecule has 1 heterocycles. The Hall–Kier alpha value is -2.40. The van der Waals surface area contributed by atoms with E-state index in [0.29, 0.717) is 6.54 Å². The van der Waals surface area contributed by atoms with Crippen LogP contribution in [-0.4, -0.2) is 25.3 Å². The molecule has 3 rings (SSSR count). The predicted octanol–water partition coefficient (Wildman–Crippen LogP) is 6.28. The van der Waals surface area contributed by atoms with Crippen LogP contribution in [0.3, 0.4) is 0 Å². The number of benzene rings is 2. The average molecular weight is 696 g/mol. The van der Waals surface area contributed by atoms with Crippen LogP contribution in [0.1, 0.15) is 142 Å². The fourth-order valence-electron chi connectivity index (χ4n) is 6.60. The summed E-state index contributed by atoms with van der Waals surface area (Å²) in [5.41, 5.74) is 5.78. The minimum atomic E-state index is -0.0202. The summed E-state index contributed by atoms with van der Waals surface area (Å²) < 4.78 is 6.45. The second kappa shape index (κ2) is 20.1. The maximum Gasteiger partial charge on any atom is 0.224 e. The number of amides is 1. The van der Waals surface area contributed by atoms with E-state index < -0.39 is 0 Å². The monoisotopic (exact) mass is 694 g/mol. The van der Waals surface area contributed by atoms with Gasteiger partial charge < -0.3 is 26.6 Å². The van der Waals surface area contributed by atoms with Crippen molar-refractivity contribution in [1.82, 2.24) is 0 Å². The number of ether oxygens (including phenoxy) is 1. The summed E-state index contributed by atoms with van der Waals surface area (Å²) in [4.78, 5) is 18.3. The van der Waals surface area contributed by atoms with Crippen molar-refractivity contribution < 1.29 is 31.5 Å². The summed E-state index contributed by atoms with van der Waals surface area (Å²) in [6, 6.07) is 15.0. The van der Waals surface area contributed by atoms with E-state index in [2.05, 4.69) is 101 Å². The molecule has 0 saturated carbocycles. The molecule has 0 spiro atoms. The minimum Gasteiger partial charge on any atom is -1.00 e. The van der Waals surface area contributed by atoms with Crippen LogP contribution in [0.15, 0.2) is 54.1 Å². The van der Waals surface area contributed by atoms with E-state index in [4.69, 9.17) is 4.74 Å². The van der Waals surface area contributed by atoms with Gasteiger partial charge >= 0.3 is 0 Å². The number of halogens is 1. The van der Waals surface area contributed by atoms with Crippen LogP contribution in [-0.2, 0) is 23.2 Å². The van der Waals surface area contributed by atoms with Crippen molar-refractivity contribution in [3.8, 4) is 5.75 Å². The summed E-state index contributed by atoms with van der Waals surface area (Å²) in [5.74, 6) is 0.999. The quantitative estimate of drug-likeness (QED) is 0.176. The van der Waals surface area contributed by atoms with Crippen molar-refractivity contribution in [3.05, 3.63) is 70.8 Å². The van der Waals surface area contributed by atoms with Gasteiger partial charge in [-0.3, -0.25) is 4.79 Å². The number of nitrogens with zero attached hydrogens (tertiary/aromatic N) is 1. The molecule has 2 aromatic carbocycles. The molecule has 46 heavy (non-hydrogen) atoms. The first-order valence-corrected chi connectivity index (χ1v) is 17.9. The number of carbonyl (C=O) groups is 1. The Morgan fingerprint density at radius 1 is 0.891 bits per heavy atom. The zero-order valence-electron chi connectivity index (χ0n) is 30.2. The SMILES string of the molecule is CCCCCCCCCCCCCCOc1cc(CN(C(C)=O)c2cccc(CC3(C)C=C(C)C=[NH+]C3)c2)ccc1C(C)(C)C.[Br-]. The van der Waals surface area contributed by atoms with Crippen molar-refractivity contribution >= 4 is 17.8 Å². The molecule has 0 aromatic heterocycles. The molecule has 256 valence electrons. The van der Waals surface area contributed by atoms with E-state index >= 15 is 0 Å². The number of nitrogens with one attached hydrogen (secondary N) is 1. The predicted molar refractivity (Wildman–Crippen MR) is 192 cm³/mol. The van der Waals surface area contributed by atoms with E-state index in [9.17, 15) is 4.79 Å². The van der Waals surface area contributed by atoms with E-state index in [-0.39, 0.29) is 33.7 Å². The van der Waals surface area contributed by atoms with E-state index in [1.807, 2.05) is 4.90 Å². The number of rotatable bonds is 19. The zero-order chi connectivity index (χ0) is 32.7. The lowest BCUT2D eigenvalue weighted by molar-refractivity contribution is -0.469. The molecule has 2 aromatic rings. The molecule has 1 N–H and O–H groups in total. The van der Waals surface area contributed by atoms with Gasteiger partial charge in [-0.15, -0.1) is 0 Å². The molecule has 1 amide bonds. The third-order valence-corrected chi connectivity index (χ3v) is 9.07. The highest BCUT2D eigenvalue weighted by Gasteiger charge is 2.28. The maximum absolute atomic E-state index is 12.9. The van der Waals surface area contributed by atoms with Crippen LogP contribution < -0.4 is 31.6 Å². The molecule has 0 bridgehead atoms. The Balaban J connectivity index is 0.00000736. The number of allylic oxidation sites excluding steroid dienone is 1. The molecule has 1 unspecified atom stereocenters. The maximum atomic E-state index is 12.9. The molecule has 1 atom stereocenters. The van der Waals surface area contributed by atoms with Crippen molar-refractivity contribution in [3.63, 3.8) is 0 Å². The highest BCUT2D eigenvalue weighted by molar-refractivity contribution is 5.91. The fraction of sp³-hybridized carbons (Fsp3) is 0.610. The smallest absolute Gasteiger partial charge is 0.224 e. The molecule has 0 radical (unpaired) electrons. The number of unbranched alkanes of at least 4 members (excludes halogenated alkanes) is 11. The molecule has 0 fully saturated rings. The van der Waals surface area contributed by atoms with Gasteiger partial charge in [0.05, 0.1) is 13.2 Å². The Morgan fingerprint density at radius 2 is 1.52 bits per heavy atom. The van der Waals surface area contributed by atoms with Crippen molar-refractivity contribution in [1.29, 1.82) is 0 Å². The normalized spacial score (nSPS) is 16.1. The second-order valence-electron chi connectivity index (χ2n) is 14.8. The molecule has 5 heteroatoms. The second-order valence-corrected chi connectivity index (χ2v) is 14.8. The van der Waals surface area contributed by atoms with Gasteiger partial charge in [0.1, 0.15) is 12.3 Å². The van der Waals surface area contributed by atoms with E-state index in [1.54, 1.807) is 6.92 Å². The molecule has 0 saturated heterocycles. The Kier molecular flexibility index (Phi) is 17.4. The summed E-state index contributed by atoms with van der Waals surface area (Å²) in [6.45, 7) is 17.3. The van der Waals surface area contributed by atoms with Gasteiger partial charge in [0, 0.05) is 23.6 Å². The van der Waals surface area contributed by atoms with Crippen LogP contribution in [0.2, 0.25) is 0 Å². The van der Waals surface area contributed by atoms with Crippen LogP contribution in [0.4, 0.5) is 5.69 Å². The standard InChI is InChI=1S/C41H62N2O2.BrH/c1-8-9-10-11-12-13-14-15-16-17-18-19-25-45-39-27-36(23-24-38(39)40(4,5)6)31-43(34(3)44)37-22-20-21-35(26-37)29-41(7)28-33(2)30-42-32-41;/h20-24,26-28,30H,8-19,25,29,31-32H2,1-7H3;1H. The summed E-state index contributed by atoms with van der Waals surface area (Å²) >= 11 is 0. The lowest BCUT2D eigenvalue weighted by Crippen LogP contribution is -3.00. The first-order valence-electron chi connectivity index (χ1n) is 17.9.